The molecule has 0 aromatic heterocycles. The zero-order chi connectivity index (χ0) is 20.2. The Morgan fingerprint density at radius 3 is 1.00 bits per heavy atom. The zero-order valence-electron chi connectivity index (χ0n) is 16.1. The first kappa shape index (κ1) is 19.9. The van der Waals surface area contributed by atoms with Crippen molar-refractivity contribution in [2.45, 2.75) is 20.8 Å². The van der Waals surface area contributed by atoms with Gasteiger partial charge in [0.05, 0.1) is 0 Å². The van der Waals surface area contributed by atoms with Crippen molar-refractivity contribution < 1.29 is 0 Å². The van der Waals surface area contributed by atoms with E-state index in [0.717, 1.165) is 26.5 Å². The molecule has 0 aliphatic heterocycles. The summed E-state index contributed by atoms with van der Waals surface area (Å²) in [6.07, 6.45) is 0. The third-order valence-corrected chi connectivity index (χ3v) is 23.2. The molecule has 28 heavy (non-hydrogen) atoms. The summed E-state index contributed by atoms with van der Waals surface area (Å²) in [4.78, 5) is 6.50. The van der Waals surface area contributed by atoms with Gasteiger partial charge in [-0.2, -0.15) is 0 Å². The molecule has 0 saturated carbocycles. The fourth-order valence-corrected chi connectivity index (χ4v) is 19.0. The molecule has 0 amide bonds. The average Bonchev–Trinajstić information content (AvgIpc) is 2.69. The molecule has 0 aliphatic rings. The predicted octanol–water partition coefficient (Wildman–Crippen LogP) is 4.65. The summed E-state index contributed by atoms with van der Waals surface area (Å²) in [5, 5.41) is 0. The van der Waals surface area contributed by atoms with Crippen LogP contribution in [0.15, 0.2) is 78.9 Å². The number of hydrogen-bond donors (Lipinski definition) is 0. The van der Waals surface area contributed by atoms with E-state index in [-0.39, 0.29) is 0 Å². The van der Waals surface area contributed by atoms with Crippen LogP contribution in [0.3, 0.4) is 0 Å². The van der Waals surface area contributed by atoms with Crippen molar-refractivity contribution in [3.8, 4) is 0 Å². The van der Waals surface area contributed by atoms with E-state index in [1.165, 1.54) is 0 Å². The normalized spacial score (nSPS) is 12.2. The van der Waals surface area contributed by atoms with E-state index < -0.39 is 19.4 Å². The number of benzene rings is 3. The maximum atomic E-state index is 9.67. The maximum absolute atomic E-state index is 9.67. The molecular formula is C21H21BiN6. The monoisotopic (exact) mass is 566 g/mol. The van der Waals surface area contributed by atoms with E-state index >= 15 is 0 Å². The second kappa shape index (κ2) is 7.65. The molecule has 7 heteroatoms. The first-order valence-corrected chi connectivity index (χ1v) is 17.2. The topological polar surface area (TPSA) is 97.5 Å². The molecule has 0 radical (unpaired) electrons. The molecule has 140 valence electrons. The van der Waals surface area contributed by atoms with Crippen LogP contribution < -0.4 is 9.81 Å². The number of nitrogens with zero attached hydrogens (tertiary/aromatic N) is 6. The van der Waals surface area contributed by atoms with Gasteiger partial charge in [0.15, 0.2) is 0 Å². The summed E-state index contributed by atoms with van der Waals surface area (Å²) in [6, 6.07) is 23.4. The molecule has 0 bridgehead atoms. The second-order valence-electron chi connectivity index (χ2n) is 6.89. The Kier molecular flexibility index (Phi) is 5.44. The van der Waals surface area contributed by atoms with Crippen molar-refractivity contribution in [1.29, 1.82) is 0 Å². The molecule has 3 rings (SSSR count). The Labute approximate surface area is 166 Å². The van der Waals surface area contributed by atoms with Crippen LogP contribution in [0.2, 0.25) is 0 Å². The van der Waals surface area contributed by atoms with Crippen LogP contribution in [0.1, 0.15) is 16.7 Å². The minimum atomic E-state index is -5.42. The van der Waals surface area contributed by atoms with Gasteiger partial charge in [0.25, 0.3) is 0 Å². The summed E-state index contributed by atoms with van der Waals surface area (Å²) in [7, 11) is 0. The predicted molar refractivity (Wildman–Crippen MR) is 116 cm³/mol. The molecule has 0 spiro atoms. The molecule has 0 atom stereocenters. The van der Waals surface area contributed by atoms with Gasteiger partial charge in [0, 0.05) is 0 Å². The van der Waals surface area contributed by atoms with Gasteiger partial charge in [-0.15, -0.1) is 0 Å². The average molecular weight is 566 g/mol. The molecule has 0 heterocycles. The first-order valence-electron chi connectivity index (χ1n) is 8.83. The fraction of sp³-hybridized carbons (Fsp3) is 0.143. The van der Waals surface area contributed by atoms with Crippen molar-refractivity contribution in [1.82, 2.24) is 0 Å². The van der Waals surface area contributed by atoms with Gasteiger partial charge in [0.1, 0.15) is 0 Å². The van der Waals surface area contributed by atoms with Gasteiger partial charge in [-0.05, 0) is 0 Å². The molecule has 6 nitrogen and oxygen atoms in total. The summed E-state index contributed by atoms with van der Waals surface area (Å²) in [6.45, 7) is 5.98. The van der Waals surface area contributed by atoms with E-state index in [4.69, 9.17) is 0 Å². The molecule has 0 aliphatic carbocycles. The molecule has 3 aromatic carbocycles. The van der Waals surface area contributed by atoms with Gasteiger partial charge in [0.2, 0.25) is 0 Å². The summed E-state index contributed by atoms with van der Waals surface area (Å²) in [5.41, 5.74) is 22.6. The Morgan fingerprint density at radius 2 is 0.786 bits per heavy atom. The first-order chi connectivity index (χ1) is 13.5. The minimum absolute atomic E-state index is 0.792. The van der Waals surface area contributed by atoms with Crippen LogP contribution in [-0.2, 0) is 0 Å². The van der Waals surface area contributed by atoms with Crippen molar-refractivity contribution in [3.05, 3.63) is 110 Å². The molecular weight excluding hydrogens is 545 g/mol. The summed E-state index contributed by atoms with van der Waals surface area (Å²) in [5.74, 6) is 0. The Morgan fingerprint density at radius 1 is 0.536 bits per heavy atom. The van der Waals surface area contributed by atoms with Crippen LogP contribution in [-0.4, -0.2) is 19.4 Å². The Bertz CT molecular complexity index is 955. The Hall–Kier alpha value is -2.84. The van der Waals surface area contributed by atoms with Gasteiger partial charge in [-0.1, -0.05) is 0 Å². The van der Waals surface area contributed by atoms with Gasteiger partial charge >= 0.3 is 166 Å². The van der Waals surface area contributed by atoms with Crippen LogP contribution in [0, 0.1) is 20.8 Å². The van der Waals surface area contributed by atoms with Gasteiger partial charge in [-0.25, -0.2) is 0 Å². The van der Waals surface area contributed by atoms with Crippen molar-refractivity contribution >= 4 is 29.2 Å². The molecule has 0 unspecified atom stereocenters. The summed E-state index contributed by atoms with van der Waals surface area (Å²) >= 11 is -5.42. The van der Waals surface area contributed by atoms with E-state index in [2.05, 4.69) is 15.9 Å². The van der Waals surface area contributed by atoms with E-state index in [0.29, 0.717) is 0 Å². The number of rotatable bonds is 5. The fourth-order valence-electron chi connectivity index (χ4n) is 3.41. The van der Waals surface area contributed by atoms with Crippen molar-refractivity contribution in [2.75, 3.05) is 0 Å². The quantitative estimate of drug-likeness (QED) is 0.186. The van der Waals surface area contributed by atoms with E-state index in [1.807, 2.05) is 93.6 Å². The van der Waals surface area contributed by atoms with Crippen molar-refractivity contribution in [3.63, 3.8) is 0 Å². The third kappa shape index (κ3) is 3.04. The summed E-state index contributed by atoms with van der Waals surface area (Å²) < 4.78 is 11.3. The van der Waals surface area contributed by atoms with Crippen molar-refractivity contribution in [2.24, 2.45) is 6.12 Å². The SMILES string of the molecule is Cc1cc[c]([Bi]([N]=[N+]=[N-])([N]=[N+]=[N-])([c]2ccc(C)cc2)[c]2ccc(C)cc2)cc1. The molecule has 0 fully saturated rings. The zero-order valence-corrected chi connectivity index (χ0v) is 19.5. The standard InChI is InChI=1S/3C7H7.Bi.2N3/c3*1-7-5-3-2-4-6-7;;2*1-3-2/h3*3-6H,1H3;;;/q;;;+2;2*-1. The van der Waals surface area contributed by atoms with E-state index in [9.17, 15) is 11.1 Å². The number of hydrogen-bond acceptors (Lipinski definition) is 2. The molecule has 3 aromatic rings. The third-order valence-electron chi connectivity index (χ3n) is 5.00. The van der Waals surface area contributed by atoms with Crippen LogP contribution in [0.4, 0.5) is 0 Å². The van der Waals surface area contributed by atoms with Crippen LogP contribution in [0.25, 0.3) is 20.9 Å². The van der Waals surface area contributed by atoms with Gasteiger partial charge < -0.3 is 0 Å². The Balaban J connectivity index is 2.60. The van der Waals surface area contributed by atoms with Gasteiger partial charge in [-0.3, -0.25) is 0 Å². The second-order valence-corrected chi connectivity index (χ2v) is 22.3. The molecule has 0 N–H and O–H groups in total. The van der Waals surface area contributed by atoms with Crippen LogP contribution in [0.5, 0.6) is 0 Å². The number of aryl methyl sites for hydroxylation is 3. The molecule has 0 saturated heterocycles. The van der Waals surface area contributed by atoms with E-state index in [1.54, 1.807) is 0 Å². The number of azide groups is 1. The van der Waals surface area contributed by atoms with Crippen LogP contribution >= 0.6 is 0 Å².